The molecule has 2 aromatic carbocycles. The number of hydrogen-bond acceptors (Lipinski definition) is 6. The molecule has 1 N–H and O–H groups in total. The number of carbonyl (C=O) groups excluding carboxylic acids is 1. The Morgan fingerprint density at radius 1 is 1.06 bits per heavy atom. The Morgan fingerprint density at radius 2 is 1.86 bits per heavy atom. The maximum absolute atomic E-state index is 12.7. The van der Waals surface area contributed by atoms with Crippen LogP contribution in [0.15, 0.2) is 65.5 Å². The molecule has 1 aliphatic heterocycles. The number of anilines is 1. The van der Waals surface area contributed by atoms with Gasteiger partial charge in [0.1, 0.15) is 0 Å². The van der Waals surface area contributed by atoms with Crippen LogP contribution >= 0.6 is 0 Å². The topological polar surface area (TPSA) is 98.3 Å². The van der Waals surface area contributed by atoms with Crippen molar-refractivity contribution in [2.24, 2.45) is 0 Å². The highest BCUT2D eigenvalue weighted by Crippen LogP contribution is 2.24. The fourth-order valence-corrected chi connectivity index (χ4v) is 3.72. The molecule has 9 nitrogen and oxygen atoms in total. The van der Waals surface area contributed by atoms with Gasteiger partial charge in [0.2, 0.25) is 5.89 Å². The third-order valence-corrected chi connectivity index (χ3v) is 5.53. The van der Waals surface area contributed by atoms with Crippen molar-refractivity contribution < 1.29 is 22.7 Å². The molecule has 1 fully saturated rings. The van der Waals surface area contributed by atoms with Crippen molar-refractivity contribution in [1.82, 2.24) is 24.6 Å². The molecule has 0 aliphatic carbocycles. The van der Waals surface area contributed by atoms with E-state index in [1.54, 1.807) is 23.4 Å². The maximum Gasteiger partial charge on any atom is 0.321 e. The molecular weight excluding hydrogens is 458 g/mol. The van der Waals surface area contributed by atoms with Gasteiger partial charge in [0.15, 0.2) is 0 Å². The molecule has 0 atom stereocenters. The van der Waals surface area contributed by atoms with Crippen LogP contribution in [0.3, 0.4) is 0 Å². The molecule has 0 unspecified atom stereocenters. The van der Waals surface area contributed by atoms with Crippen LogP contribution in [0.4, 0.5) is 19.3 Å². The van der Waals surface area contributed by atoms with E-state index in [1.807, 2.05) is 47.2 Å². The third-order valence-electron chi connectivity index (χ3n) is 5.53. The molecule has 0 spiro atoms. The minimum absolute atomic E-state index is 0.0531. The van der Waals surface area contributed by atoms with Crippen molar-refractivity contribution in [2.75, 3.05) is 31.6 Å². The van der Waals surface area contributed by atoms with E-state index in [0.717, 1.165) is 16.8 Å². The van der Waals surface area contributed by atoms with Gasteiger partial charge < -0.3 is 23.9 Å². The van der Waals surface area contributed by atoms with Crippen molar-refractivity contribution in [1.29, 1.82) is 0 Å². The molecule has 4 aromatic rings. The van der Waals surface area contributed by atoms with Gasteiger partial charge in [-0.05, 0) is 29.8 Å². The van der Waals surface area contributed by atoms with Crippen LogP contribution in [-0.2, 0) is 11.3 Å². The molecule has 2 amide bonds. The number of nitrogens with one attached hydrogen (secondary N) is 1. The molecule has 0 saturated carbocycles. The van der Waals surface area contributed by atoms with E-state index in [2.05, 4.69) is 20.5 Å². The minimum Gasteiger partial charge on any atom is -0.415 e. The first kappa shape index (κ1) is 22.7. The predicted molar refractivity (Wildman–Crippen MR) is 123 cm³/mol. The molecule has 3 heterocycles. The molecule has 0 bridgehead atoms. The van der Waals surface area contributed by atoms with E-state index in [1.165, 1.54) is 0 Å². The molecule has 5 rings (SSSR count). The SMILES string of the molecule is O=C(Nc1cccc(-c2cn(Cc3ccc(-c4nnc(C(F)F)o4)cc3)cn2)c1)N1CCOCC1. The van der Waals surface area contributed by atoms with Crippen LogP contribution < -0.4 is 5.32 Å². The van der Waals surface area contributed by atoms with Crippen molar-refractivity contribution in [2.45, 2.75) is 13.0 Å². The number of carbonyl (C=O) groups is 1. The molecule has 11 heteroatoms. The second kappa shape index (κ2) is 10.0. The lowest BCUT2D eigenvalue weighted by atomic mass is 10.1. The molecule has 1 aliphatic rings. The van der Waals surface area contributed by atoms with Gasteiger partial charge in [0.05, 0.1) is 25.2 Å². The van der Waals surface area contributed by atoms with Crippen molar-refractivity contribution in [3.8, 4) is 22.7 Å². The Hall–Kier alpha value is -4.12. The van der Waals surface area contributed by atoms with Gasteiger partial charge >= 0.3 is 12.5 Å². The van der Waals surface area contributed by atoms with E-state index in [-0.39, 0.29) is 11.9 Å². The number of urea groups is 1. The number of halogens is 2. The number of ether oxygens (including phenoxy) is 1. The van der Waals surface area contributed by atoms with Crippen LogP contribution in [0, 0.1) is 0 Å². The van der Waals surface area contributed by atoms with Gasteiger partial charge in [-0.1, -0.05) is 24.3 Å². The van der Waals surface area contributed by atoms with Crippen LogP contribution in [0.25, 0.3) is 22.7 Å². The lowest BCUT2D eigenvalue weighted by Gasteiger charge is -2.26. The lowest BCUT2D eigenvalue weighted by molar-refractivity contribution is 0.0564. The zero-order valence-electron chi connectivity index (χ0n) is 18.6. The average molecular weight is 480 g/mol. The van der Waals surface area contributed by atoms with E-state index in [4.69, 9.17) is 9.15 Å². The molecule has 180 valence electrons. The Balaban J connectivity index is 1.23. The summed E-state index contributed by atoms with van der Waals surface area (Å²) in [6.07, 6.45) is 0.853. The molecular formula is C24H22F2N6O3. The largest absolute Gasteiger partial charge is 0.415 e. The Kier molecular flexibility index (Phi) is 6.49. The average Bonchev–Trinajstić information content (AvgIpc) is 3.56. The summed E-state index contributed by atoms with van der Waals surface area (Å²) in [6.45, 7) is 2.80. The third kappa shape index (κ3) is 5.35. The number of rotatable bonds is 6. The first-order chi connectivity index (χ1) is 17.0. The van der Waals surface area contributed by atoms with E-state index in [9.17, 15) is 13.6 Å². The van der Waals surface area contributed by atoms with Gasteiger partial charge in [-0.25, -0.2) is 9.78 Å². The molecule has 0 radical (unpaired) electrons. The summed E-state index contributed by atoms with van der Waals surface area (Å²) in [6, 6.07) is 14.6. The van der Waals surface area contributed by atoms with Crippen LogP contribution in [0.1, 0.15) is 17.9 Å². The van der Waals surface area contributed by atoms with Gasteiger partial charge in [-0.15, -0.1) is 10.2 Å². The number of morpholine rings is 1. The van der Waals surface area contributed by atoms with Gasteiger partial charge in [0.25, 0.3) is 5.89 Å². The highest BCUT2D eigenvalue weighted by atomic mass is 19.3. The standard InChI is InChI=1S/C24H22F2N6O3/c25-21(26)23-30-29-22(35-23)17-6-4-16(5-7-17)13-31-14-20(27-15-31)18-2-1-3-19(12-18)28-24(33)32-8-10-34-11-9-32/h1-7,12,14-15,21H,8-11,13H2,(H,28,33). The second-order valence-electron chi connectivity index (χ2n) is 7.98. The van der Waals surface area contributed by atoms with Crippen molar-refractivity contribution in [3.05, 3.63) is 72.5 Å². The van der Waals surface area contributed by atoms with Crippen LogP contribution in [0.5, 0.6) is 0 Å². The summed E-state index contributed by atoms with van der Waals surface area (Å²) in [5.41, 5.74) is 3.90. The zero-order valence-corrected chi connectivity index (χ0v) is 18.6. The maximum atomic E-state index is 12.7. The Labute approximate surface area is 199 Å². The fourth-order valence-electron chi connectivity index (χ4n) is 3.72. The Bertz CT molecular complexity index is 1300. The van der Waals surface area contributed by atoms with E-state index < -0.39 is 12.3 Å². The van der Waals surface area contributed by atoms with Gasteiger partial charge in [0, 0.05) is 42.6 Å². The first-order valence-electron chi connectivity index (χ1n) is 11.0. The van der Waals surface area contributed by atoms with E-state index in [0.29, 0.717) is 44.1 Å². The van der Waals surface area contributed by atoms with Gasteiger partial charge in [-0.2, -0.15) is 8.78 Å². The molecule has 35 heavy (non-hydrogen) atoms. The number of alkyl halides is 2. The van der Waals surface area contributed by atoms with Gasteiger partial charge in [-0.3, -0.25) is 0 Å². The summed E-state index contributed by atoms with van der Waals surface area (Å²) in [7, 11) is 0. The summed E-state index contributed by atoms with van der Waals surface area (Å²) >= 11 is 0. The van der Waals surface area contributed by atoms with Crippen LogP contribution in [-0.4, -0.2) is 57.0 Å². The second-order valence-corrected chi connectivity index (χ2v) is 7.98. The highest BCUT2D eigenvalue weighted by Gasteiger charge is 2.18. The minimum atomic E-state index is -2.80. The fraction of sp³-hybridized carbons (Fsp3) is 0.250. The smallest absolute Gasteiger partial charge is 0.321 e. The number of amides is 2. The summed E-state index contributed by atoms with van der Waals surface area (Å²) in [4.78, 5) is 18.7. The molecule has 1 saturated heterocycles. The van der Waals surface area contributed by atoms with E-state index >= 15 is 0 Å². The monoisotopic (exact) mass is 480 g/mol. The number of benzene rings is 2. The predicted octanol–water partition coefficient (Wildman–Crippen LogP) is 4.45. The van der Waals surface area contributed by atoms with Crippen LogP contribution in [0.2, 0.25) is 0 Å². The summed E-state index contributed by atoms with van der Waals surface area (Å²) in [5, 5.41) is 9.95. The van der Waals surface area contributed by atoms with Crippen molar-refractivity contribution >= 4 is 11.7 Å². The summed E-state index contributed by atoms with van der Waals surface area (Å²) in [5.74, 6) is -0.642. The molecule has 2 aromatic heterocycles. The quantitative estimate of drug-likeness (QED) is 0.438. The lowest BCUT2D eigenvalue weighted by Crippen LogP contribution is -2.43. The normalized spacial score (nSPS) is 13.9. The number of aromatic nitrogens is 4. The van der Waals surface area contributed by atoms with Crippen molar-refractivity contribution in [3.63, 3.8) is 0 Å². The zero-order chi connectivity index (χ0) is 24.2. The highest BCUT2D eigenvalue weighted by molar-refractivity contribution is 5.90. The number of nitrogens with zero attached hydrogens (tertiary/aromatic N) is 5. The Morgan fingerprint density at radius 3 is 2.60 bits per heavy atom. The number of hydrogen-bond donors (Lipinski definition) is 1. The summed E-state index contributed by atoms with van der Waals surface area (Å²) < 4.78 is 37.5. The first-order valence-corrected chi connectivity index (χ1v) is 11.0. The number of imidazole rings is 1.